The molecule has 2 aromatic rings. The summed E-state index contributed by atoms with van der Waals surface area (Å²) in [6.45, 7) is 0. The summed E-state index contributed by atoms with van der Waals surface area (Å²) in [6.07, 6.45) is 1.87. The molecule has 2 aromatic carbocycles. The molecule has 0 atom stereocenters. The smallest absolute Gasteiger partial charge is 0.255 e. The van der Waals surface area contributed by atoms with Crippen LogP contribution in [-0.2, 0) is 0 Å². The highest BCUT2D eigenvalue weighted by atomic mass is 32.2. The molecule has 4 nitrogen and oxygen atoms in total. The number of hydrazine groups is 1. The summed E-state index contributed by atoms with van der Waals surface area (Å²) in [4.78, 5) is 12.9. The van der Waals surface area contributed by atoms with E-state index in [-0.39, 0.29) is 5.56 Å². The van der Waals surface area contributed by atoms with Crippen molar-refractivity contribution in [2.24, 2.45) is 5.84 Å². The number of nitrogens with one attached hydrogen (secondary N) is 2. The molecular weight excluding hydrogens is 296 g/mol. The van der Waals surface area contributed by atoms with Crippen molar-refractivity contribution in [2.45, 2.75) is 4.90 Å². The zero-order valence-corrected chi connectivity index (χ0v) is 11.9. The third-order valence-corrected chi connectivity index (χ3v) is 3.60. The second-order valence-electron chi connectivity index (χ2n) is 4.11. The van der Waals surface area contributed by atoms with Crippen LogP contribution in [0.25, 0.3) is 0 Å². The van der Waals surface area contributed by atoms with Gasteiger partial charge >= 0.3 is 0 Å². The van der Waals surface area contributed by atoms with E-state index in [1.165, 1.54) is 11.8 Å². The van der Waals surface area contributed by atoms with Gasteiger partial charge in [-0.3, -0.25) is 10.6 Å². The van der Waals surface area contributed by atoms with Crippen LogP contribution >= 0.6 is 11.8 Å². The number of anilines is 2. The van der Waals surface area contributed by atoms with Gasteiger partial charge < -0.3 is 10.7 Å². The predicted octanol–water partition coefficient (Wildman–Crippen LogP) is 3.22. The van der Waals surface area contributed by atoms with Gasteiger partial charge in [0.2, 0.25) is 0 Å². The van der Waals surface area contributed by atoms with Crippen molar-refractivity contribution >= 4 is 29.0 Å². The maximum atomic E-state index is 13.6. The molecule has 0 heterocycles. The fourth-order valence-electron chi connectivity index (χ4n) is 1.78. The number of halogens is 2. The Morgan fingerprint density at radius 1 is 1.19 bits per heavy atom. The zero-order valence-electron chi connectivity index (χ0n) is 11.1. The van der Waals surface area contributed by atoms with Crippen LogP contribution < -0.4 is 16.6 Å². The minimum Gasteiger partial charge on any atom is -0.321 e. The Morgan fingerprint density at radius 2 is 1.81 bits per heavy atom. The lowest BCUT2D eigenvalue weighted by atomic mass is 10.1. The molecule has 7 heteroatoms. The van der Waals surface area contributed by atoms with Gasteiger partial charge in [0.15, 0.2) is 11.6 Å². The van der Waals surface area contributed by atoms with Gasteiger partial charge in [-0.15, -0.1) is 11.8 Å². The van der Waals surface area contributed by atoms with E-state index < -0.39 is 23.2 Å². The minimum atomic E-state index is -0.930. The molecular formula is C14H13F2N3OS. The van der Waals surface area contributed by atoms with Crippen LogP contribution in [0.3, 0.4) is 0 Å². The number of amides is 1. The SMILES string of the molecule is CSc1ccccc1NC(=O)c1cc(F)c(NN)c(F)c1. The average Bonchev–Trinajstić information content (AvgIpc) is 2.47. The summed E-state index contributed by atoms with van der Waals surface area (Å²) in [5.41, 5.74) is 1.89. The highest BCUT2D eigenvalue weighted by Gasteiger charge is 2.15. The molecule has 0 unspecified atom stereocenters. The Morgan fingerprint density at radius 3 is 2.38 bits per heavy atom. The van der Waals surface area contributed by atoms with Crippen molar-refractivity contribution in [3.05, 3.63) is 53.6 Å². The van der Waals surface area contributed by atoms with Crippen molar-refractivity contribution in [3.63, 3.8) is 0 Å². The van der Waals surface area contributed by atoms with Gasteiger partial charge in [0, 0.05) is 10.5 Å². The standard InChI is InChI=1S/C14H13F2N3OS/c1-21-12-5-3-2-4-11(12)18-14(20)8-6-9(15)13(19-17)10(16)7-8/h2-7,19H,17H2,1H3,(H,18,20). The fraction of sp³-hybridized carbons (Fsp3) is 0.0714. The quantitative estimate of drug-likeness (QED) is 0.461. The first-order valence-corrected chi connectivity index (χ1v) is 7.19. The van der Waals surface area contributed by atoms with Crippen LogP contribution in [0.15, 0.2) is 41.3 Å². The van der Waals surface area contributed by atoms with E-state index in [0.29, 0.717) is 5.69 Å². The van der Waals surface area contributed by atoms with Gasteiger partial charge in [0.1, 0.15) is 5.69 Å². The maximum absolute atomic E-state index is 13.6. The number of para-hydroxylation sites is 1. The molecule has 0 bridgehead atoms. The van der Waals surface area contributed by atoms with E-state index in [1.807, 2.05) is 23.8 Å². The third kappa shape index (κ3) is 3.32. The lowest BCUT2D eigenvalue weighted by molar-refractivity contribution is 0.102. The van der Waals surface area contributed by atoms with Crippen molar-refractivity contribution in [1.82, 2.24) is 0 Å². The second kappa shape index (κ2) is 6.55. The topological polar surface area (TPSA) is 67.2 Å². The van der Waals surface area contributed by atoms with Crippen molar-refractivity contribution in [2.75, 3.05) is 17.0 Å². The first kappa shape index (κ1) is 15.3. The summed E-state index contributed by atoms with van der Waals surface area (Å²) < 4.78 is 27.2. The molecule has 21 heavy (non-hydrogen) atoms. The first-order chi connectivity index (χ1) is 10.1. The summed E-state index contributed by atoms with van der Waals surface area (Å²) in [7, 11) is 0. The van der Waals surface area contributed by atoms with E-state index >= 15 is 0 Å². The number of nitrogen functional groups attached to an aromatic ring is 1. The molecule has 0 saturated heterocycles. The molecule has 4 N–H and O–H groups in total. The lowest BCUT2D eigenvalue weighted by Gasteiger charge is -2.10. The molecule has 0 radical (unpaired) electrons. The van der Waals surface area contributed by atoms with Crippen LogP contribution in [0, 0.1) is 11.6 Å². The molecule has 0 aliphatic carbocycles. The molecule has 0 fully saturated rings. The van der Waals surface area contributed by atoms with Crippen LogP contribution in [-0.4, -0.2) is 12.2 Å². The van der Waals surface area contributed by atoms with Crippen molar-refractivity contribution in [1.29, 1.82) is 0 Å². The molecule has 0 aliphatic heterocycles. The number of carbonyl (C=O) groups excluding carboxylic acids is 1. The Bertz CT molecular complexity index is 656. The van der Waals surface area contributed by atoms with E-state index in [1.54, 1.807) is 12.1 Å². The number of thioether (sulfide) groups is 1. The minimum absolute atomic E-state index is 0.125. The second-order valence-corrected chi connectivity index (χ2v) is 4.96. The number of benzene rings is 2. The number of hydrogen-bond donors (Lipinski definition) is 3. The van der Waals surface area contributed by atoms with Crippen molar-refractivity contribution < 1.29 is 13.6 Å². The van der Waals surface area contributed by atoms with Gasteiger partial charge in [-0.2, -0.15) is 0 Å². The molecule has 0 spiro atoms. The van der Waals surface area contributed by atoms with Crippen LogP contribution in [0.4, 0.5) is 20.2 Å². The summed E-state index contributed by atoms with van der Waals surface area (Å²) in [5, 5.41) is 2.62. The Balaban J connectivity index is 2.29. The van der Waals surface area contributed by atoms with Crippen molar-refractivity contribution in [3.8, 4) is 0 Å². The third-order valence-electron chi connectivity index (χ3n) is 2.80. The summed E-state index contributed by atoms with van der Waals surface area (Å²) in [5.74, 6) is 2.55. The van der Waals surface area contributed by atoms with Gasteiger partial charge in [-0.25, -0.2) is 8.78 Å². The largest absolute Gasteiger partial charge is 0.321 e. The maximum Gasteiger partial charge on any atom is 0.255 e. The number of rotatable bonds is 4. The van der Waals surface area contributed by atoms with E-state index in [2.05, 4.69) is 5.32 Å². The highest BCUT2D eigenvalue weighted by molar-refractivity contribution is 7.98. The normalized spacial score (nSPS) is 10.3. The average molecular weight is 309 g/mol. The highest BCUT2D eigenvalue weighted by Crippen LogP contribution is 2.26. The van der Waals surface area contributed by atoms with Gasteiger partial charge in [0.25, 0.3) is 5.91 Å². The summed E-state index contributed by atoms with van der Waals surface area (Å²) >= 11 is 1.46. The predicted molar refractivity (Wildman–Crippen MR) is 80.3 cm³/mol. The summed E-state index contributed by atoms with van der Waals surface area (Å²) in [6, 6.07) is 9.00. The van der Waals surface area contributed by atoms with Gasteiger partial charge in [-0.1, -0.05) is 12.1 Å². The Hall–Kier alpha value is -2.12. The number of carbonyl (C=O) groups is 1. The first-order valence-electron chi connectivity index (χ1n) is 5.97. The lowest BCUT2D eigenvalue weighted by Crippen LogP contribution is -2.15. The molecule has 0 saturated carbocycles. The van der Waals surface area contributed by atoms with E-state index in [4.69, 9.17) is 5.84 Å². The molecule has 0 aromatic heterocycles. The van der Waals surface area contributed by atoms with Crippen LogP contribution in [0.1, 0.15) is 10.4 Å². The molecule has 1 amide bonds. The molecule has 0 aliphatic rings. The van der Waals surface area contributed by atoms with Crippen LogP contribution in [0.5, 0.6) is 0 Å². The van der Waals surface area contributed by atoms with Gasteiger partial charge in [0.05, 0.1) is 5.69 Å². The van der Waals surface area contributed by atoms with Crippen LogP contribution in [0.2, 0.25) is 0 Å². The Labute approximate surface area is 124 Å². The molecule has 2 rings (SSSR count). The fourth-order valence-corrected chi connectivity index (χ4v) is 2.34. The number of hydrogen-bond acceptors (Lipinski definition) is 4. The zero-order chi connectivity index (χ0) is 15.4. The van der Waals surface area contributed by atoms with E-state index in [0.717, 1.165) is 17.0 Å². The van der Waals surface area contributed by atoms with Gasteiger partial charge in [-0.05, 0) is 30.5 Å². The molecule has 110 valence electrons. The Kier molecular flexibility index (Phi) is 4.77. The van der Waals surface area contributed by atoms with E-state index in [9.17, 15) is 13.6 Å². The number of nitrogens with two attached hydrogens (primary N) is 1. The monoisotopic (exact) mass is 309 g/mol.